The molecule has 0 unspecified atom stereocenters. The van der Waals surface area contributed by atoms with Gasteiger partial charge in [-0.3, -0.25) is 9.59 Å². The van der Waals surface area contributed by atoms with Crippen molar-refractivity contribution in [3.63, 3.8) is 0 Å². The van der Waals surface area contributed by atoms with E-state index >= 15 is 0 Å². The fourth-order valence-corrected chi connectivity index (χ4v) is 7.40. The van der Waals surface area contributed by atoms with Gasteiger partial charge in [-0.1, -0.05) is 103 Å². The van der Waals surface area contributed by atoms with Gasteiger partial charge in [-0.05, 0) is 71.2 Å². The zero-order valence-electron chi connectivity index (χ0n) is 30.0. The molecular weight excluding hydrogens is 692 g/mol. The van der Waals surface area contributed by atoms with Gasteiger partial charge in [0, 0.05) is 56.0 Å². The van der Waals surface area contributed by atoms with E-state index in [1.807, 2.05) is 84.9 Å². The molecule has 10 heteroatoms. The van der Waals surface area contributed by atoms with Crippen LogP contribution in [0.15, 0.2) is 97.1 Å². The number of aliphatic hydroxyl groups excluding tert-OH is 1. The number of unbranched alkanes of at least 4 members (excludes halogenated alkanes) is 2. The summed E-state index contributed by atoms with van der Waals surface area (Å²) in [4.78, 5) is 25.6. The standard InChI is InChI=1S/C43H49ClN2O7/c44-36-20-18-35(19-21-36)43(51)22-24-46(25-23-43)28-37-26-39(32-12-10-30(29-47)11-13-32)53-42(52-37)33-16-14-31(15-17-33)38-7-5-4-6-34(38)27-45-40(48)8-2-1-3-9-41(49)50/h4-7,10-21,37,39,42,47,51H,1-3,8-9,22-29H2,(H,45,48)(H,49,50)/t37-,39+,42+/m1/s1. The van der Waals surface area contributed by atoms with Crippen molar-refractivity contribution in [3.8, 4) is 11.1 Å². The third-order valence-electron chi connectivity index (χ3n) is 10.4. The lowest BCUT2D eigenvalue weighted by Gasteiger charge is -2.42. The second-order valence-electron chi connectivity index (χ2n) is 14.2. The molecule has 3 atom stereocenters. The van der Waals surface area contributed by atoms with Gasteiger partial charge in [-0.2, -0.15) is 0 Å². The fraction of sp³-hybridized carbons (Fsp3) is 0.395. The Morgan fingerprint density at radius 2 is 1.51 bits per heavy atom. The molecule has 4 aromatic rings. The molecule has 0 spiro atoms. The Labute approximate surface area is 316 Å². The lowest BCUT2D eigenvalue weighted by molar-refractivity contribution is -0.253. The topological polar surface area (TPSA) is 129 Å². The van der Waals surface area contributed by atoms with Crippen molar-refractivity contribution < 1.29 is 34.4 Å². The van der Waals surface area contributed by atoms with E-state index in [1.54, 1.807) is 0 Å². The maximum Gasteiger partial charge on any atom is 0.303 e. The van der Waals surface area contributed by atoms with Gasteiger partial charge in [0.25, 0.3) is 0 Å². The summed E-state index contributed by atoms with van der Waals surface area (Å²) in [5.74, 6) is -0.856. The minimum atomic E-state index is -0.881. The van der Waals surface area contributed by atoms with E-state index < -0.39 is 17.9 Å². The number of aliphatic carboxylic acids is 1. The van der Waals surface area contributed by atoms with Crippen molar-refractivity contribution in [2.75, 3.05) is 19.6 Å². The highest BCUT2D eigenvalue weighted by Gasteiger charge is 2.37. The molecule has 2 fully saturated rings. The second kappa shape index (κ2) is 18.3. The number of likely N-dealkylation sites (tertiary alicyclic amines) is 1. The Bertz CT molecular complexity index is 1790. The SMILES string of the molecule is O=C(O)CCCCCC(=O)NCc1ccccc1-c1ccc([C@H]2O[C@@H](CN3CCC(O)(c4ccc(Cl)cc4)CC3)C[C@@H](c3ccc(CO)cc3)O2)cc1. The summed E-state index contributed by atoms with van der Waals surface area (Å²) < 4.78 is 13.3. The first-order chi connectivity index (χ1) is 25.7. The van der Waals surface area contributed by atoms with Gasteiger partial charge in [0.2, 0.25) is 5.91 Å². The predicted molar refractivity (Wildman–Crippen MR) is 204 cm³/mol. The van der Waals surface area contributed by atoms with Gasteiger partial charge >= 0.3 is 5.97 Å². The van der Waals surface area contributed by atoms with Gasteiger partial charge < -0.3 is 35.0 Å². The zero-order chi connectivity index (χ0) is 37.2. The van der Waals surface area contributed by atoms with E-state index in [-0.39, 0.29) is 31.1 Å². The Hall–Kier alpha value is -4.09. The number of nitrogens with one attached hydrogen (secondary N) is 1. The van der Waals surface area contributed by atoms with Crippen LogP contribution < -0.4 is 5.32 Å². The summed E-state index contributed by atoms with van der Waals surface area (Å²) in [5.41, 5.74) is 5.83. The summed E-state index contributed by atoms with van der Waals surface area (Å²) in [6, 6.07) is 31.6. The van der Waals surface area contributed by atoms with E-state index in [1.165, 1.54) is 0 Å². The van der Waals surface area contributed by atoms with Crippen LogP contribution in [0.1, 0.15) is 91.6 Å². The molecule has 4 N–H and O–H groups in total. The number of ether oxygens (including phenoxy) is 2. The van der Waals surface area contributed by atoms with Crippen LogP contribution in [0.2, 0.25) is 5.02 Å². The molecule has 1 amide bonds. The Morgan fingerprint density at radius 1 is 0.830 bits per heavy atom. The molecule has 2 aliphatic rings. The van der Waals surface area contributed by atoms with E-state index in [4.69, 9.17) is 26.2 Å². The number of halogens is 1. The van der Waals surface area contributed by atoms with Gasteiger partial charge in [-0.25, -0.2) is 0 Å². The summed E-state index contributed by atoms with van der Waals surface area (Å²) in [5, 5.41) is 33.5. The molecule has 6 rings (SSSR count). The highest BCUT2D eigenvalue weighted by atomic mass is 35.5. The molecule has 0 radical (unpaired) electrons. The van der Waals surface area contributed by atoms with Crippen LogP contribution >= 0.6 is 11.6 Å². The first-order valence-electron chi connectivity index (χ1n) is 18.6. The predicted octanol–water partition coefficient (Wildman–Crippen LogP) is 7.68. The summed E-state index contributed by atoms with van der Waals surface area (Å²) in [6.45, 7) is 2.56. The minimum absolute atomic E-state index is 0.0183. The molecule has 0 saturated carbocycles. The number of hydrogen-bond donors (Lipinski definition) is 4. The summed E-state index contributed by atoms with van der Waals surface area (Å²) >= 11 is 6.09. The van der Waals surface area contributed by atoms with Gasteiger partial charge in [0.1, 0.15) is 0 Å². The highest BCUT2D eigenvalue weighted by Crippen LogP contribution is 2.40. The molecule has 9 nitrogen and oxygen atoms in total. The van der Waals surface area contributed by atoms with Crippen LogP contribution in [-0.2, 0) is 37.8 Å². The largest absolute Gasteiger partial charge is 0.481 e. The maximum atomic E-state index is 12.5. The van der Waals surface area contributed by atoms with Gasteiger partial charge in [0.15, 0.2) is 6.29 Å². The lowest BCUT2D eigenvalue weighted by atomic mass is 9.84. The van der Waals surface area contributed by atoms with Crippen molar-refractivity contribution >= 4 is 23.5 Å². The summed E-state index contributed by atoms with van der Waals surface area (Å²) in [7, 11) is 0. The Balaban J connectivity index is 1.11. The van der Waals surface area contributed by atoms with Crippen molar-refractivity contribution in [2.24, 2.45) is 0 Å². The summed E-state index contributed by atoms with van der Waals surface area (Å²) in [6.07, 6.45) is 3.45. The lowest BCUT2D eigenvalue weighted by Crippen LogP contribution is -2.46. The van der Waals surface area contributed by atoms with Crippen molar-refractivity contribution in [2.45, 2.75) is 88.6 Å². The smallest absolute Gasteiger partial charge is 0.303 e. The van der Waals surface area contributed by atoms with E-state index in [2.05, 4.69) is 22.3 Å². The molecule has 53 heavy (non-hydrogen) atoms. The normalized spacial score (nSPS) is 20.2. The highest BCUT2D eigenvalue weighted by molar-refractivity contribution is 6.30. The molecule has 2 heterocycles. The number of carboxylic acids is 1. The van der Waals surface area contributed by atoms with E-state index in [0.29, 0.717) is 63.1 Å². The zero-order valence-corrected chi connectivity index (χ0v) is 30.7. The molecular formula is C43H49ClN2O7. The van der Waals surface area contributed by atoms with Crippen LogP contribution in [0.25, 0.3) is 11.1 Å². The Kier molecular flexibility index (Phi) is 13.3. The first-order valence-corrected chi connectivity index (χ1v) is 18.9. The molecule has 2 saturated heterocycles. The van der Waals surface area contributed by atoms with Crippen molar-refractivity contribution in [1.29, 1.82) is 0 Å². The third kappa shape index (κ3) is 10.5. The van der Waals surface area contributed by atoms with Crippen LogP contribution in [0.5, 0.6) is 0 Å². The molecule has 4 aromatic carbocycles. The Morgan fingerprint density at radius 3 is 2.21 bits per heavy atom. The van der Waals surface area contributed by atoms with Crippen molar-refractivity contribution in [3.05, 3.63) is 130 Å². The number of hydrogen-bond acceptors (Lipinski definition) is 7. The number of carbonyl (C=O) groups is 2. The molecule has 0 aliphatic carbocycles. The monoisotopic (exact) mass is 740 g/mol. The number of nitrogens with zero attached hydrogens (tertiary/aromatic N) is 1. The minimum Gasteiger partial charge on any atom is -0.481 e. The van der Waals surface area contributed by atoms with Crippen LogP contribution in [0.4, 0.5) is 0 Å². The van der Waals surface area contributed by atoms with Crippen LogP contribution in [0.3, 0.4) is 0 Å². The number of benzene rings is 4. The molecule has 0 aromatic heterocycles. The molecule has 280 valence electrons. The van der Waals surface area contributed by atoms with Crippen molar-refractivity contribution in [1.82, 2.24) is 10.2 Å². The van der Waals surface area contributed by atoms with E-state index in [0.717, 1.165) is 52.0 Å². The fourth-order valence-electron chi connectivity index (χ4n) is 7.27. The van der Waals surface area contributed by atoms with Gasteiger partial charge in [0.05, 0.1) is 24.4 Å². The maximum absolute atomic E-state index is 12.5. The average Bonchev–Trinajstić information content (AvgIpc) is 3.18. The van der Waals surface area contributed by atoms with Crippen LogP contribution in [-0.4, -0.2) is 57.8 Å². The van der Waals surface area contributed by atoms with Gasteiger partial charge in [-0.15, -0.1) is 0 Å². The second-order valence-corrected chi connectivity index (χ2v) is 14.6. The molecule has 2 aliphatic heterocycles. The number of amides is 1. The number of piperidine rings is 1. The number of aliphatic hydroxyl groups is 2. The quantitative estimate of drug-likeness (QED) is 0.0915. The number of rotatable bonds is 15. The van der Waals surface area contributed by atoms with Crippen LogP contribution in [0, 0.1) is 0 Å². The molecule has 0 bridgehead atoms. The van der Waals surface area contributed by atoms with E-state index in [9.17, 15) is 19.8 Å². The average molecular weight is 741 g/mol. The third-order valence-corrected chi connectivity index (χ3v) is 10.7. The first kappa shape index (κ1) is 38.6. The number of carboxylic acid groups (broad SMARTS) is 1. The number of carbonyl (C=O) groups excluding carboxylic acids is 1.